The number of hydrogen-bond acceptors (Lipinski definition) is 5. The number of ether oxygens (including phenoxy) is 1. The Hall–Kier alpha value is -1.95. The molecule has 2 rings (SSSR count). The lowest BCUT2D eigenvalue weighted by atomic mass is 10.2. The molecule has 6 heteroatoms. The third-order valence-electron chi connectivity index (χ3n) is 2.32. The number of benzene rings is 1. The Morgan fingerprint density at radius 1 is 1.44 bits per heavy atom. The molecule has 0 fully saturated rings. The highest BCUT2D eigenvalue weighted by Gasteiger charge is 2.11. The first-order chi connectivity index (χ1) is 8.74. The van der Waals surface area contributed by atoms with Crippen LogP contribution in [-0.2, 0) is 6.42 Å². The van der Waals surface area contributed by atoms with Gasteiger partial charge in [0.05, 0.1) is 6.61 Å². The lowest BCUT2D eigenvalue weighted by Crippen LogP contribution is -2.02. The van der Waals surface area contributed by atoms with Crippen LogP contribution in [0.25, 0.3) is 11.4 Å². The predicted octanol–water partition coefficient (Wildman–Crippen LogP) is 1.78. The van der Waals surface area contributed by atoms with E-state index in [4.69, 9.17) is 15.0 Å². The molecule has 2 aromatic rings. The van der Waals surface area contributed by atoms with Crippen molar-refractivity contribution in [2.75, 3.05) is 13.2 Å². The molecular weight excluding hydrogens is 237 g/mol. The van der Waals surface area contributed by atoms with Gasteiger partial charge in [-0.25, -0.2) is 4.39 Å². The minimum atomic E-state index is -0.445. The fourth-order valence-electron chi connectivity index (χ4n) is 1.51. The maximum absolute atomic E-state index is 13.6. The zero-order chi connectivity index (χ0) is 13.0. The van der Waals surface area contributed by atoms with Gasteiger partial charge in [0, 0.05) is 18.5 Å². The van der Waals surface area contributed by atoms with Gasteiger partial charge in [0.1, 0.15) is 0 Å². The number of nitrogens with two attached hydrogens (primary N) is 1. The third-order valence-corrected chi connectivity index (χ3v) is 2.32. The van der Waals surface area contributed by atoms with Gasteiger partial charge in [0.15, 0.2) is 11.6 Å². The number of rotatable bonds is 5. The van der Waals surface area contributed by atoms with Crippen molar-refractivity contribution in [2.24, 2.45) is 5.73 Å². The largest absolute Gasteiger partial charge is 0.491 e. The Morgan fingerprint density at radius 2 is 2.28 bits per heavy atom. The minimum absolute atomic E-state index is 0.215. The Balaban J connectivity index is 2.24. The summed E-state index contributed by atoms with van der Waals surface area (Å²) in [4.78, 5) is 4.12. The van der Waals surface area contributed by atoms with E-state index in [1.165, 1.54) is 6.07 Å². The van der Waals surface area contributed by atoms with Crippen molar-refractivity contribution in [3.05, 3.63) is 29.9 Å². The quantitative estimate of drug-likeness (QED) is 0.876. The van der Waals surface area contributed by atoms with Crippen LogP contribution in [0.3, 0.4) is 0 Å². The zero-order valence-electron chi connectivity index (χ0n) is 10.0. The van der Waals surface area contributed by atoms with Crippen LogP contribution in [0.4, 0.5) is 4.39 Å². The van der Waals surface area contributed by atoms with E-state index in [0.29, 0.717) is 36.9 Å². The van der Waals surface area contributed by atoms with Crippen molar-refractivity contribution in [1.82, 2.24) is 10.1 Å². The van der Waals surface area contributed by atoms with E-state index in [0.717, 1.165) is 0 Å². The fraction of sp³-hybridized carbons (Fsp3) is 0.333. The van der Waals surface area contributed by atoms with E-state index in [2.05, 4.69) is 10.1 Å². The van der Waals surface area contributed by atoms with Gasteiger partial charge >= 0.3 is 0 Å². The fourth-order valence-corrected chi connectivity index (χ4v) is 1.51. The summed E-state index contributed by atoms with van der Waals surface area (Å²) in [5, 5.41) is 3.77. The molecule has 1 aromatic carbocycles. The summed E-state index contributed by atoms with van der Waals surface area (Å²) in [5.74, 6) is 0.564. The standard InChI is InChI=1S/C12H14FN3O2/c1-2-17-10-4-3-8(7-9(10)13)12-15-11(5-6-14)18-16-12/h3-4,7H,2,5-6,14H2,1H3. The normalized spacial score (nSPS) is 10.6. The zero-order valence-corrected chi connectivity index (χ0v) is 10.0. The highest BCUT2D eigenvalue weighted by Crippen LogP contribution is 2.23. The predicted molar refractivity (Wildman–Crippen MR) is 63.6 cm³/mol. The van der Waals surface area contributed by atoms with Crippen molar-refractivity contribution in [2.45, 2.75) is 13.3 Å². The molecule has 0 bridgehead atoms. The molecule has 18 heavy (non-hydrogen) atoms. The van der Waals surface area contributed by atoms with Crippen molar-refractivity contribution in [3.63, 3.8) is 0 Å². The number of aromatic nitrogens is 2. The molecule has 0 aliphatic carbocycles. The third kappa shape index (κ3) is 2.65. The lowest BCUT2D eigenvalue weighted by molar-refractivity contribution is 0.321. The average Bonchev–Trinajstić information content (AvgIpc) is 2.81. The van der Waals surface area contributed by atoms with Gasteiger partial charge in [-0.1, -0.05) is 5.16 Å². The average molecular weight is 251 g/mol. The van der Waals surface area contributed by atoms with Crippen LogP contribution in [0.5, 0.6) is 5.75 Å². The first-order valence-electron chi connectivity index (χ1n) is 5.70. The second kappa shape index (κ2) is 5.59. The Morgan fingerprint density at radius 3 is 2.94 bits per heavy atom. The van der Waals surface area contributed by atoms with Crippen molar-refractivity contribution < 1.29 is 13.7 Å². The minimum Gasteiger partial charge on any atom is -0.491 e. The second-order valence-corrected chi connectivity index (χ2v) is 3.63. The topological polar surface area (TPSA) is 74.2 Å². The summed E-state index contributed by atoms with van der Waals surface area (Å²) < 4.78 is 23.7. The SMILES string of the molecule is CCOc1ccc(-c2noc(CCN)n2)cc1F. The molecule has 96 valence electrons. The van der Waals surface area contributed by atoms with Gasteiger partial charge in [-0.05, 0) is 25.1 Å². The van der Waals surface area contributed by atoms with Gasteiger partial charge in [0.25, 0.3) is 0 Å². The lowest BCUT2D eigenvalue weighted by Gasteiger charge is -2.04. The van der Waals surface area contributed by atoms with E-state index in [1.54, 1.807) is 19.1 Å². The maximum Gasteiger partial charge on any atom is 0.228 e. The van der Waals surface area contributed by atoms with Crippen LogP contribution in [-0.4, -0.2) is 23.3 Å². The van der Waals surface area contributed by atoms with Crippen LogP contribution in [0.2, 0.25) is 0 Å². The molecule has 1 heterocycles. The molecule has 0 amide bonds. The van der Waals surface area contributed by atoms with E-state index < -0.39 is 5.82 Å². The van der Waals surface area contributed by atoms with Gasteiger partial charge in [0.2, 0.25) is 11.7 Å². The Kier molecular flexibility index (Phi) is 3.88. The summed E-state index contributed by atoms with van der Waals surface area (Å²) in [7, 11) is 0. The van der Waals surface area contributed by atoms with E-state index in [9.17, 15) is 4.39 Å². The molecule has 0 unspecified atom stereocenters. The highest BCUT2D eigenvalue weighted by molar-refractivity contribution is 5.56. The van der Waals surface area contributed by atoms with Crippen LogP contribution in [0, 0.1) is 5.82 Å². The van der Waals surface area contributed by atoms with Crippen LogP contribution < -0.4 is 10.5 Å². The molecule has 0 aliphatic rings. The van der Waals surface area contributed by atoms with E-state index in [-0.39, 0.29) is 5.75 Å². The molecule has 0 saturated carbocycles. The first-order valence-corrected chi connectivity index (χ1v) is 5.70. The summed E-state index contributed by atoms with van der Waals surface area (Å²) in [6.45, 7) is 2.64. The monoisotopic (exact) mass is 251 g/mol. The number of hydrogen-bond donors (Lipinski definition) is 1. The maximum atomic E-state index is 13.6. The molecule has 0 saturated heterocycles. The number of nitrogens with zero attached hydrogens (tertiary/aromatic N) is 2. The van der Waals surface area contributed by atoms with Gasteiger partial charge < -0.3 is 15.0 Å². The Bertz CT molecular complexity index is 528. The smallest absolute Gasteiger partial charge is 0.228 e. The highest BCUT2D eigenvalue weighted by atomic mass is 19.1. The van der Waals surface area contributed by atoms with E-state index in [1.807, 2.05) is 0 Å². The molecule has 2 N–H and O–H groups in total. The molecule has 0 aliphatic heterocycles. The summed E-state index contributed by atoms with van der Waals surface area (Å²) in [6.07, 6.45) is 0.506. The molecule has 0 radical (unpaired) electrons. The van der Waals surface area contributed by atoms with Crippen molar-refractivity contribution in [1.29, 1.82) is 0 Å². The first kappa shape index (κ1) is 12.5. The van der Waals surface area contributed by atoms with Gasteiger partial charge in [-0.15, -0.1) is 0 Å². The summed E-state index contributed by atoms with van der Waals surface area (Å²) >= 11 is 0. The molecule has 5 nitrogen and oxygen atoms in total. The van der Waals surface area contributed by atoms with E-state index >= 15 is 0 Å². The van der Waals surface area contributed by atoms with Crippen LogP contribution in [0.1, 0.15) is 12.8 Å². The molecule has 1 aromatic heterocycles. The van der Waals surface area contributed by atoms with Crippen molar-refractivity contribution in [3.8, 4) is 17.1 Å². The number of halogens is 1. The van der Waals surface area contributed by atoms with Gasteiger partial charge in [-0.3, -0.25) is 0 Å². The van der Waals surface area contributed by atoms with Gasteiger partial charge in [-0.2, -0.15) is 4.98 Å². The summed E-state index contributed by atoms with van der Waals surface area (Å²) in [5.41, 5.74) is 5.93. The molecule has 0 spiro atoms. The molecule has 0 atom stereocenters. The van der Waals surface area contributed by atoms with Crippen LogP contribution >= 0.6 is 0 Å². The molecular formula is C12H14FN3O2. The van der Waals surface area contributed by atoms with Crippen LogP contribution in [0.15, 0.2) is 22.7 Å². The van der Waals surface area contributed by atoms with Crippen molar-refractivity contribution >= 4 is 0 Å². The summed E-state index contributed by atoms with van der Waals surface area (Å²) in [6, 6.07) is 4.56. The Labute approximate surface area is 104 Å². The second-order valence-electron chi connectivity index (χ2n) is 3.63.